The van der Waals surface area contributed by atoms with E-state index in [9.17, 15) is 4.79 Å². The lowest BCUT2D eigenvalue weighted by Gasteiger charge is -2.01. The highest BCUT2D eigenvalue weighted by molar-refractivity contribution is 5.89. The van der Waals surface area contributed by atoms with Crippen molar-refractivity contribution in [3.05, 3.63) is 29.6 Å². The van der Waals surface area contributed by atoms with Crippen LogP contribution in [0.15, 0.2) is 18.3 Å². The van der Waals surface area contributed by atoms with Gasteiger partial charge in [0.25, 0.3) is 0 Å². The fourth-order valence-corrected chi connectivity index (χ4v) is 0.994. The first kappa shape index (κ1) is 8.23. The third-order valence-corrected chi connectivity index (χ3v) is 1.95. The summed E-state index contributed by atoms with van der Waals surface area (Å²) >= 11 is 0. The molecule has 0 spiro atoms. The van der Waals surface area contributed by atoms with Crippen LogP contribution in [0.3, 0.4) is 0 Å². The first-order chi connectivity index (χ1) is 6.25. The first-order valence-electron chi connectivity index (χ1n) is 4.39. The Morgan fingerprint density at radius 1 is 1.54 bits per heavy atom. The van der Waals surface area contributed by atoms with Crippen molar-refractivity contribution in [2.75, 3.05) is 0 Å². The monoisotopic (exact) mass is 177 g/mol. The van der Waals surface area contributed by atoms with Gasteiger partial charge in [0.2, 0.25) is 0 Å². The number of carbonyl (C=O) groups excluding carboxylic acids is 1. The minimum atomic E-state index is -0.255. The first-order valence-corrected chi connectivity index (χ1v) is 4.39. The van der Waals surface area contributed by atoms with E-state index in [-0.39, 0.29) is 12.1 Å². The molecule has 0 saturated heterocycles. The van der Waals surface area contributed by atoms with Crippen molar-refractivity contribution in [1.29, 1.82) is 0 Å². The van der Waals surface area contributed by atoms with Gasteiger partial charge in [-0.15, -0.1) is 0 Å². The van der Waals surface area contributed by atoms with E-state index in [0.29, 0.717) is 5.56 Å². The summed E-state index contributed by atoms with van der Waals surface area (Å²) < 4.78 is 5.11. The smallest absolute Gasteiger partial charge is 0.339 e. The summed E-state index contributed by atoms with van der Waals surface area (Å²) in [6.45, 7) is 1.88. The molecule has 0 aromatic carbocycles. The average Bonchev–Trinajstić information content (AvgIpc) is 2.89. The van der Waals surface area contributed by atoms with Crippen LogP contribution in [0.2, 0.25) is 0 Å². The van der Waals surface area contributed by atoms with Crippen LogP contribution in [0.5, 0.6) is 0 Å². The van der Waals surface area contributed by atoms with Gasteiger partial charge >= 0.3 is 5.97 Å². The molecule has 2 rings (SSSR count). The number of aryl methyl sites for hydroxylation is 1. The zero-order chi connectivity index (χ0) is 9.26. The molecule has 0 bridgehead atoms. The van der Waals surface area contributed by atoms with Crippen molar-refractivity contribution in [2.45, 2.75) is 25.9 Å². The highest BCUT2D eigenvalue weighted by Crippen LogP contribution is 2.24. The molecule has 1 aromatic rings. The van der Waals surface area contributed by atoms with Gasteiger partial charge in [-0.25, -0.2) is 4.79 Å². The van der Waals surface area contributed by atoms with E-state index < -0.39 is 0 Å². The van der Waals surface area contributed by atoms with E-state index >= 15 is 0 Å². The second-order valence-electron chi connectivity index (χ2n) is 3.29. The lowest BCUT2D eigenvalue weighted by atomic mass is 10.2. The van der Waals surface area contributed by atoms with Crippen molar-refractivity contribution < 1.29 is 9.53 Å². The van der Waals surface area contributed by atoms with Crippen LogP contribution < -0.4 is 0 Å². The SMILES string of the molecule is Cc1ccc(C(=O)OC2CC2)cn1. The molecule has 1 aliphatic carbocycles. The summed E-state index contributed by atoms with van der Waals surface area (Å²) in [5.74, 6) is -0.255. The predicted octanol–water partition coefficient (Wildman–Crippen LogP) is 1.71. The fraction of sp³-hybridized carbons (Fsp3) is 0.400. The van der Waals surface area contributed by atoms with Gasteiger partial charge in [-0.05, 0) is 31.9 Å². The highest BCUT2D eigenvalue weighted by atomic mass is 16.5. The summed E-state index contributed by atoms with van der Waals surface area (Å²) in [4.78, 5) is 15.4. The van der Waals surface area contributed by atoms with Gasteiger partial charge in [0, 0.05) is 11.9 Å². The molecule has 0 radical (unpaired) electrons. The molecular formula is C10H11NO2. The minimum absolute atomic E-state index is 0.161. The number of pyridine rings is 1. The second kappa shape index (κ2) is 3.17. The number of aromatic nitrogens is 1. The second-order valence-corrected chi connectivity index (χ2v) is 3.29. The van der Waals surface area contributed by atoms with E-state index in [1.807, 2.05) is 13.0 Å². The molecule has 0 amide bonds. The van der Waals surface area contributed by atoms with Crippen LogP contribution in [-0.4, -0.2) is 17.1 Å². The Balaban J connectivity index is 2.05. The molecular weight excluding hydrogens is 166 g/mol. The van der Waals surface area contributed by atoms with Gasteiger partial charge in [0.1, 0.15) is 6.10 Å². The Morgan fingerprint density at radius 3 is 2.85 bits per heavy atom. The largest absolute Gasteiger partial charge is 0.459 e. The van der Waals surface area contributed by atoms with E-state index in [1.165, 1.54) is 0 Å². The molecule has 3 nitrogen and oxygen atoms in total. The molecule has 0 N–H and O–H groups in total. The lowest BCUT2D eigenvalue weighted by molar-refractivity contribution is 0.0472. The molecule has 0 atom stereocenters. The molecule has 68 valence electrons. The molecule has 1 aliphatic rings. The van der Waals surface area contributed by atoms with Crippen LogP contribution in [-0.2, 0) is 4.74 Å². The van der Waals surface area contributed by atoms with Crippen LogP contribution in [0.25, 0.3) is 0 Å². The standard InChI is InChI=1S/C10H11NO2/c1-7-2-3-8(6-11-7)10(12)13-9-4-5-9/h2-3,6,9H,4-5H2,1H3. The third-order valence-electron chi connectivity index (χ3n) is 1.95. The molecule has 13 heavy (non-hydrogen) atoms. The van der Waals surface area contributed by atoms with E-state index in [0.717, 1.165) is 18.5 Å². The van der Waals surface area contributed by atoms with Crippen molar-refractivity contribution in [3.63, 3.8) is 0 Å². The number of ether oxygens (including phenoxy) is 1. The van der Waals surface area contributed by atoms with Crippen molar-refractivity contribution in [2.24, 2.45) is 0 Å². The fourth-order valence-electron chi connectivity index (χ4n) is 0.994. The van der Waals surface area contributed by atoms with E-state index in [1.54, 1.807) is 12.3 Å². The predicted molar refractivity (Wildman–Crippen MR) is 47.4 cm³/mol. The van der Waals surface area contributed by atoms with Crippen molar-refractivity contribution >= 4 is 5.97 Å². The molecule has 1 fully saturated rings. The zero-order valence-electron chi connectivity index (χ0n) is 7.49. The number of esters is 1. The van der Waals surface area contributed by atoms with Crippen LogP contribution in [0.1, 0.15) is 28.9 Å². The van der Waals surface area contributed by atoms with Gasteiger partial charge in [-0.2, -0.15) is 0 Å². The maximum absolute atomic E-state index is 11.3. The molecule has 1 saturated carbocycles. The Hall–Kier alpha value is -1.38. The average molecular weight is 177 g/mol. The van der Waals surface area contributed by atoms with Crippen LogP contribution in [0, 0.1) is 6.92 Å². The molecule has 0 aliphatic heterocycles. The van der Waals surface area contributed by atoms with Gasteiger partial charge in [-0.1, -0.05) is 0 Å². The van der Waals surface area contributed by atoms with Gasteiger partial charge in [-0.3, -0.25) is 4.98 Å². The summed E-state index contributed by atoms with van der Waals surface area (Å²) in [5, 5.41) is 0. The number of rotatable bonds is 2. The van der Waals surface area contributed by atoms with Crippen LogP contribution >= 0.6 is 0 Å². The number of hydrogen-bond donors (Lipinski definition) is 0. The summed E-state index contributed by atoms with van der Waals surface area (Å²) in [7, 11) is 0. The zero-order valence-corrected chi connectivity index (χ0v) is 7.49. The Bertz CT molecular complexity index is 314. The Morgan fingerprint density at radius 2 is 2.31 bits per heavy atom. The summed E-state index contributed by atoms with van der Waals surface area (Å²) in [5.41, 5.74) is 1.44. The molecule has 1 heterocycles. The van der Waals surface area contributed by atoms with Gasteiger partial charge < -0.3 is 4.74 Å². The third kappa shape index (κ3) is 2.05. The molecule has 0 unspecified atom stereocenters. The lowest BCUT2D eigenvalue weighted by Crippen LogP contribution is -2.06. The van der Waals surface area contributed by atoms with Crippen molar-refractivity contribution in [1.82, 2.24) is 4.98 Å². The highest BCUT2D eigenvalue weighted by Gasteiger charge is 2.26. The number of nitrogens with zero attached hydrogens (tertiary/aromatic N) is 1. The summed E-state index contributed by atoms with van der Waals surface area (Å²) in [6.07, 6.45) is 3.73. The Kier molecular flexibility index (Phi) is 2.00. The Labute approximate surface area is 76.7 Å². The van der Waals surface area contributed by atoms with E-state index in [2.05, 4.69) is 4.98 Å². The topological polar surface area (TPSA) is 39.2 Å². The maximum Gasteiger partial charge on any atom is 0.339 e. The number of hydrogen-bond acceptors (Lipinski definition) is 3. The van der Waals surface area contributed by atoms with Gasteiger partial charge in [0.05, 0.1) is 5.56 Å². The normalized spacial score (nSPS) is 15.5. The maximum atomic E-state index is 11.3. The van der Waals surface area contributed by atoms with E-state index in [4.69, 9.17) is 4.74 Å². The van der Waals surface area contributed by atoms with Crippen molar-refractivity contribution in [3.8, 4) is 0 Å². The molecule has 1 aromatic heterocycles. The van der Waals surface area contributed by atoms with Crippen LogP contribution in [0.4, 0.5) is 0 Å². The minimum Gasteiger partial charge on any atom is -0.459 e. The molecule has 3 heteroatoms. The van der Waals surface area contributed by atoms with Gasteiger partial charge in [0.15, 0.2) is 0 Å². The summed E-state index contributed by atoms with van der Waals surface area (Å²) in [6, 6.07) is 3.55. The quantitative estimate of drug-likeness (QED) is 0.645. The number of carbonyl (C=O) groups is 1.